The van der Waals surface area contributed by atoms with Crippen molar-refractivity contribution < 1.29 is 4.79 Å². The van der Waals surface area contributed by atoms with Crippen molar-refractivity contribution in [3.05, 3.63) is 70.3 Å². The van der Waals surface area contributed by atoms with Gasteiger partial charge in [0.2, 0.25) is 0 Å². The van der Waals surface area contributed by atoms with Crippen LogP contribution in [0.4, 0.5) is 0 Å². The summed E-state index contributed by atoms with van der Waals surface area (Å²) in [5.41, 5.74) is 5.49. The number of carbonyl (C=O) groups excluding carboxylic acids is 1. The fraction of sp³-hybridized carbons (Fsp3) is 0.235. The maximum absolute atomic E-state index is 12.0. The van der Waals surface area contributed by atoms with Gasteiger partial charge in [0, 0.05) is 12.1 Å². The Balaban J connectivity index is 2.06. The van der Waals surface area contributed by atoms with Gasteiger partial charge < -0.3 is 5.32 Å². The molecule has 19 heavy (non-hydrogen) atoms. The first kappa shape index (κ1) is 13.3. The highest BCUT2D eigenvalue weighted by Crippen LogP contribution is 2.13. The van der Waals surface area contributed by atoms with Gasteiger partial charge in [-0.25, -0.2) is 0 Å². The Hall–Kier alpha value is -2.09. The number of carbonyl (C=O) groups is 1. The van der Waals surface area contributed by atoms with Crippen molar-refractivity contribution >= 4 is 5.91 Å². The molecule has 0 saturated carbocycles. The summed E-state index contributed by atoms with van der Waals surface area (Å²) in [5, 5.41) is 2.98. The molecule has 0 heterocycles. The number of rotatable bonds is 3. The molecule has 0 aliphatic heterocycles. The van der Waals surface area contributed by atoms with Crippen molar-refractivity contribution in [3.8, 4) is 0 Å². The molecular weight excluding hydrogens is 234 g/mol. The Morgan fingerprint density at radius 2 is 1.53 bits per heavy atom. The topological polar surface area (TPSA) is 29.1 Å². The van der Waals surface area contributed by atoms with Crippen molar-refractivity contribution in [1.82, 2.24) is 5.32 Å². The Morgan fingerprint density at radius 1 is 0.947 bits per heavy atom. The lowest BCUT2D eigenvalue weighted by Crippen LogP contribution is -2.23. The molecule has 0 spiro atoms. The SMILES string of the molecule is Cc1ccc(C(=O)NCc2c(C)cccc2C)cc1. The summed E-state index contributed by atoms with van der Waals surface area (Å²) in [5.74, 6) is -0.0253. The quantitative estimate of drug-likeness (QED) is 0.890. The maximum atomic E-state index is 12.0. The number of nitrogens with one attached hydrogen (secondary N) is 1. The average Bonchev–Trinajstić information content (AvgIpc) is 2.38. The summed E-state index contributed by atoms with van der Waals surface area (Å²) < 4.78 is 0. The fourth-order valence-electron chi connectivity index (χ4n) is 2.10. The van der Waals surface area contributed by atoms with Gasteiger partial charge in [0.1, 0.15) is 0 Å². The molecular formula is C17H19NO. The lowest BCUT2D eigenvalue weighted by Gasteiger charge is -2.11. The highest BCUT2D eigenvalue weighted by molar-refractivity contribution is 5.94. The second-order valence-corrected chi connectivity index (χ2v) is 4.92. The lowest BCUT2D eigenvalue weighted by molar-refractivity contribution is 0.0951. The predicted molar refractivity (Wildman–Crippen MR) is 78.3 cm³/mol. The molecule has 1 N–H and O–H groups in total. The molecule has 2 rings (SSSR count). The molecule has 0 saturated heterocycles. The normalized spacial score (nSPS) is 10.3. The van der Waals surface area contributed by atoms with Crippen molar-refractivity contribution in [1.29, 1.82) is 0 Å². The summed E-state index contributed by atoms with van der Waals surface area (Å²) in [6.07, 6.45) is 0. The first-order valence-electron chi connectivity index (χ1n) is 6.48. The van der Waals surface area contributed by atoms with Crippen LogP contribution in [0, 0.1) is 20.8 Å². The van der Waals surface area contributed by atoms with E-state index >= 15 is 0 Å². The molecule has 0 unspecified atom stereocenters. The zero-order valence-corrected chi connectivity index (χ0v) is 11.7. The average molecular weight is 253 g/mol. The van der Waals surface area contributed by atoms with Gasteiger partial charge in [0.05, 0.1) is 0 Å². The minimum Gasteiger partial charge on any atom is -0.348 e. The van der Waals surface area contributed by atoms with E-state index in [0.29, 0.717) is 12.1 Å². The van der Waals surface area contributed by atoms with E-state index in [1.165, 1.54) is 16.7 Å². The first-order chi connectivity index (χ1) is 9.08. The van der Waals surface area contributed by atoms with E-state index in [1.807, 2.05) is 37.3 Å². The molecule has 0 atom stereocenters. The van der Waals surface area contributed by atoms with Crippen molar-refractivity contribution in [2.75, 3.05) is 0 Å². The van der Waals surface area contributed by atoms with Crippen LogP contribution in [-0.4, -0.2) is 5.91 Å². The van der Waals surface area contributed by atoms with Crippen molar-refractivity contribution in [2.45, 2.75) is 27.3 Å². The molecule has 2 nitrogen and oxygen atoms in total. The Kier molecular flexibility index (Phi) is 4.00. The molecule has 1 amide bonds. The van der Waals surface area contributed by atoms with Gasteiger partial charge in [-0.3, -0.25) is 4.79 Å². The molecule has 0 aliphatic carbocycles. The molecule has 0 aliphatic rings. The van der Waals surface area contributed by atoms with Gasteiger partial charge >= 0.3 is 0 Å². The maximum Gasteiger partial charge on any atom is 0.251 e. The summed E-state index contributed by atoms with van der Waals surface area (Å²) in [4.78, 5) is 12.0. The molecule has 0 fully saturated rings. The van der Waals surface area contributed by atoms with Crippen LogP contribution in [0.15, 0.2) is 42.5 Å². The van der Waals surface area contributed by atoms with Crippen LogP contribution in [0.1, 0.15) is 32.6 Å². The van der Waals surface area contributed by atoms with Gasteiger partial charge in [-0.05, 0) is 49.6 Å². The van der Waals surface area contributed by atoms with Crippen molar-refractivity contribution in [2.24, 2.45) is 0 Å². The molecule has 98 valence electrons. The Morgan fingerprint density at radius 3 is 2.11 bits per heavy atom. The summed E-state index contributed by atoms with van der Waals surface area (Å²) in [7, 11) is 0. The van der Waals surface area contributed by atoms with Crippen LogP contribution in [0.3, 0.4) is 0 Å². The van der Waals surface area contributed by atoms with Gasteiger partial charge in [0.25, 0.3) is 5.91 Å². The van der Waals surface area contributed by atoms with Crippen molar-refractivity contribution in [3.63, 3.8) is 0 Å². The zero-order chi connectivity index (χ0) is 13.8. The highest BCUT2D eigenvalue weighted by Gasteiger charge is 2.07. The van der Waals surface area contributed by atoms with Gasteiger partial charge in [-0.1, -0.05) is 35.9 Å². The van der Waals surface area contributed by atoms with Gasteiger partial charge in [0.15, 0.2) is 0 Å². The number of hydrogen-bond acceptors (Lipinski definition) is 1. The minimum absolute atomic E-state index is 0.0253. The molecule has 0 radical (unpaired) electrons. The second kappa shape index (κ2) is 5.70. The second-order valence-electron chi connectivity index (χ2n) is 4.92. The van der Waals surface area contributed by atoms with Crippen LogP contribution in [0.2, 0.25) is 0 Å². The van der Waals surface area contributed by atoms with Crippen LogP contribution in [0.25, 0.3) is 0 Å². The van der Waals surface area contributed by atoms with E-state index in [-0.39, 0.29) is 5.91 Å². The molecule has 2 aromatic carbocycles. The zero-order valence-electron chi connectivity index (χ0n) is 11.7. The van der Waals surface area contributed by atoms with E-state index in [0.717, 1.165) is 5.56 Å². The van der Waals surface area contributed by atoms with Crippen LogP contribution >= 0.6 is 0 Å². The van der Waals surface area contributed by atoms with Crippen LogP contribution in [-0.2, 0) is 6.54 Å². The largest absolute Gasteiger partial charge is 0.348 e. The van der Waals surface area contributed by atoms with Crippen LogP contribution < -0.4 is 5.32 Å². The summed E-state index contributed by atoms with van der Waals surface area (Å²) in [6.45, 7) is 6.73. The standard InChI is InChI=1S/C17H19NO/c1-12-7-9-15(10-8-12)17(19)18-11-16-13(2)5-4-6-14(16)3/h4-10H,11H2,1-3H3,(H,18,19). The number of hydrogen-bond donors (Lipinski definition) is 1. The first-order valence-corrected chi connectivity index (χ1v) is 6.48. The third-order valence-corrected chi connectivity index (χ3v) is 3.38. The third kappa shape index (κ3) is 3.22. The summed E-state index contributed by atoms with van der Waals surface area (Å²) in [6, 6.07) is 13.8. The van der Waals surface area contributed by atoms with Gasteiger partial charge in [-0.15, -0.1) is 0 Å². The van der Waals surface area contributed by atoms with E-state index < -0.39 is 0 Å². The van der Waals surface area contributed by atoms with Crippen LogP contribution in [0.5, 0.6) is 0 Å². The van der Waals surface area contributed by atoms with Gasteiger partial charge in [-0.2, -0.15) is 0 Å². The molecule has 2 heteroatoms. The Labute approximate surface area is 114 Å². The van der Waals surface area contributed by atoms with E-state index in [2.05, 4.69) is 31.3 Å². The smallest absolute Gasteiger partial charge is 0.251 e. The van der Waals surface area contributed by atoms with E-state index in [4.69, 9.17) is 0 Å². The molecule has 0 bridgehead atoms. The van der Waals surface area contributed by atoms with E-state index in [9.17, 15) is 4.79 Å². The number of amides is 1. The lowest BCUT2D eigenvalue weighted by atomic mass is 10.0. The minimum atomic E-state index is -0.0253. The Bertz CT molecular complexity index is 564. The molecule has 2 aromatic rings. The molecule has 0 aromatic heterocycles. The number of aryl methyl sites for hydroxylation is 3. The third-order valence-electron chi connectivity index (χ3n) is 3.38. The highest BCUT2D eigenvalue weighted by atomic mass is 16.1. The monoisotopic (exact) mass is 253 g/mol. The number of benzene rings is 2. The summed E-state index contributed by atoms with van der Waals surface area (Å²) >= 11 is 0. The fourth-order valence-corrected chi connectivity index (χ4v) is 2.10. The van der Waals surface area contributed by atoms with E-state index in [1.54, 1.807) is 0 Å². The predicted octanol–water partition coefficient (Wildman–Crippen LogP) is 3.54.